The number of nitrogens with one attached hydrogen (secondary N) is 1. The van der Waals surface area contributed by atoms with Gasteiger partial charge in [0.1, 0.15) is 11.6 Å². The van der Waals surface area contributed by atoms with Crippen LogP contribution in [0, 0.1) is 0 Å². The lowest BCUT2D eigenvalue weighted by molar-refractivity contribution is 0.414. The van der Waals surface area contributed by atoms with Crippen LogP contribution in [0.3, 0.4) is 0 Å². The zero-order valence-corrected chi connectivity index (χ0v) is 15.6. The second-order valence-corrected chi connectivity index (χ2v) is 6.94. The van der Waals surface area contributed by atoms with Crippen LogP contribution in [-0.4, -0.2) is 23.4 Å². The SMILES string of the molecule is COc1ccc(-n2nc(Cc3ccccc3Cl)c3c2NCCCC3)cc1. The molecule has 4 nitrogen and oxygen atoms in total. The molecular weight excluding hydrogens is 346 g/mol. The van der Waals surface area contributed by atoms with Gasteiger partial charge in [0, 0.05) is 23.6 Å². The number of methoxy groups -OCH3 is 1. The summed E-state index contributed by atoms with van der Waals surface area (Å²) in [5.41, 5.74) is 4.54. The minimum atomic E-state index is 0.743. The van der Waals surface area contributed by atoms with E-state index in [4.69, 9.17) is 21.4 Å². The first-order valence-electron chi connectivity index (χ1n) is 8.99. The molecule has 4 rings (SSSR count). The zero-order valence-electron chi connectivity index (χ0n) is 14.8. The number of anilines is 1. The van der Waals surface area contributed by atoms with E-state index in [0.29, 0.717) is 0 Å². The predicted octanol–water partition coefficient (Wildman–Crippen LogP) is 4.87. The van der Waals surface area contributed by atoms with Crippen LogP contribution in [-0.2, 0) is 12.8 Å². The first-order chi connectivity index (χ1) is 12.8. The van der Waals surface area contributed by atoms with Crippen molar-refractivity contribution in [2.24, 2.45) is 0 Å². The van der Waals surface area contributed by atoms with Crippen LogP contribution < -0.4 is 10.1 Å². The van der Waals surface area contributed by atoms with E-state index >= 15 is 0 Å². The van der Waals surface area contributed by atoms with Crippen molar-refractivity contribution in [3.63, 3.8) is 0 Å². The fourth-order valence-electron chi connectivity index (χ4n) is 3.45. The highest BCUT2D eigenvalue weighted by molar-refractivity contribution is 6.31. The zero-order chi connectivity index (χ0) is 17.9. The molecule has 5 heteroatoms. The Kier molecular flexibility index (Phi) is 4.85. The minimum absolute atomic E-state index is 0.743. The number of benzene rings is 2. The van der Waals surface area contributed by atoms with E-state index in [1.165, 1.54) is 18.4 Å². The van der Waals surface area contributed by atoms with Gasteiger partial charge in [-0.25, -0.2) is 4.68 Å². The number of aromatic nitrogens is 2. The third-order valence-corrected chi connectivity index (χ3v) is 5.21. The number of hydrogen-bond acceptors (Lipinski definition) is 3. The predicted molar refractivity (Wildman–Crippen MR) is 106 cm³/mol. The van der Waals surface area contributed by atoms with Gasteiger partial charge in [-0.3, -0.25) is 0 Å². The molecule has 0 unspecified atom stereocenters. The standard InChI is InChI=1S/C21H22ClN3O/c1-26-17-11-9-16(10-12-17)25-21-18(7-4-5-13-23-21)20(24-25)14-15-6-2-3-8-19(15)22/h2-3,6,8-12,23H,4-5,7,13-14H2,1H3. The monoisotopic (exact) mass is 367 g/mol. The molecule has 2 heterocycles. The summed E-state index contributed by atoms with van der Waals surface area (Å²) in [6, 6.07) is 16.0. The molecule has 2 aromatic carbocycles. The Labute approximate surface area is 158 Å². The van der Waals surface area contributed by atoms with Crippen LogP contribution in [0.15, 0.2) is 48.5 Å². The summed E-state index contributed by atoms with van der Waals surface area (Å²) in [6.07, 6.45) is 4.12. The van der Waals surface area contributed by atoms with E-state index in [9.17, 15) is 0 Å². The van der Waals surface area contributed by atoms with Gasteiger partial charge in [-0.15, -0.1) is 0 Å². The molecular formula is C21H22ClN3O. The lowest BCUT2D eigenvalue weighted by atomic mass is 10.0. The molecule has 1 N–H and O–H groups in total. The number of halogens is 1. The fourth-order valence-corrected chi connectivity index (χ4v) is 3.65. The van der Waals surface area contributed by atoms with Crippen molar-refractivity contribution in [2.75, 3.05) is 19.0 Å². The van der Waals surface area contributed by atoms with Crippen LogP contribution in [0.2, 0.25) is 5.02 Å². The van der Waals surface area contributed by atoms with E-state index in [2.05, 4.69) is 11.4 Å². The van der Waals surface area contributed by atoms with Crippen molar-refractivity contribution in [3.05, 3.63) is 70.4 Å². The summed E-state index contributed by atoms with van der Waals surface area (Å²) in [7, 11) is 1.68. The summed E-state index contributed by atoms with van der Waals surface area (Å²) >= 11 is 6.38. The van der Waals surface area contributed by atoms with E-state index in [1.807, 2.05) is 47.1 Å². The van der Waals surface area contributed by atoms with Crippen molar-refractivity contribution in [3.8, 4) is 11.4 Å². The van der Waals surface area contributed by atoms with Crippen molar-refractivity contribution in [1.82, 2.24) is 9.78 Å². The highest BCUT2D eigenvalue weighted by Gasteiger charge is 2.21. The molecule has 0 saturated heterocycles. The van der Waals surface area contributed by atoms with E-state index in [0.717, 1.165) is 52.9 Å². The minimum Gasteiger partial charge on any atom is -0.497 e. The summed E-state index contributed by atoms with van der Waals surface area (Å²) in [5.74, 6) is 1.95. The highest BCUT2D eigenvalue weighted by atomic mass is 35.5. The number of ether oxygens (including phenoxy) is 1. The topological polar surface area (TPSA) is 39.1 Å². The third kappa shape index (κ3) is 3.29. The maximum absolute atomic E-state index is 6.38. The molecule has 1 aliphatic rings. The average Bonchev–Trinajstić information content (AvgIpc) is 2.84. The van der Waals surface area contributed by atoms with Gasteiger partial charge in [-0.1, -0.05) is 29.8 Å². The normalized spacial score (nSPS) is 13.6. The van der Waals surface area contributed by atoms with Crippen LogP contribution in [0.1, 0.15) is 29.7 Å². The molecule has 0 amide bonds. The molecule has 0 spiro atoms. The Morgan fingerprint density at radius 2 is 1.92 bits per heavy atom. The summed E-state index contributed by atoms with van der Waals surface area (Å²) in [4.78, 5) is 0. The summed E-state index contributed by atoms with van der Waals surface area (Å²) in [5, 5.41) is 9.32. The van der Waals surface area contributed by atoms with Crippen LogP contribution >= 0.6 is 11.6 Å². The Morgan fingerprint density at radius 1 is 1.12 bits per heavy atom. The molecule has 134 valence electrons. The van der Waals surface area contributed by atoms with E-state index in [1.54, 1.807) is 7.11 Å². The third-order valence-electron chi connectivity index (χ3n) is 4.85. The van der Waals surface area contributed by atoms with Gasteiger partial charge in [-0.2, -0.15) is 5.10 Å². The lowest BCUT2D eigenvalue weighted by Gasteiger charge is -2.09. The molecule has 1 aliphatic heterocycles. The molecule has 0 aliphatic carbocycles. The van der Waals surface area contributed by atoms with E-state index in [-0.39, 0.29) is 0 Å². The maximum Gasteiger partial charge on any atom is 0.133 e. The Hall–Kier alpha value is -2.46. The van der Waals surface area contributed by atoms with Gasteiger partial charge in [0.2, 0.25) is 0 Å². The van der Waals surface area contributed by atoms with Gasteiger partial charge >= 0.3 is 0 Å². The van der Waals surface area contributed by atoms with Crippen molar-refractivity contribution in [2.45, 2.75) is 25.7 Å². The molecule has 0 saturated carbocycles. The van der Waals surface area contributed by atoms with Crippen molar-refractivity contribution in [1.29, 1.82) is 0 Å². The Balaban J connectivity index is 1.77. The van der Waals surface area contributed by atoms with Crippen molar-refractivity contribution >= 4 is 17.4 Å². The molecule has 0 bridgehead atoms. The smallest absolute Gasteiger partial charge is 0.133 e. The number of nitrogens with zero attached hydrogens (tertiary/aromatic N) is 2. The molecule has 1 aromatic heterocycles. The largest absolute Gasteiger partial charge is 0.497 e. The first kappa shape index (κ1) is 17.0. The molecule has 0 radical (unpaired) electrons. The number of rotatable bonds is 4. The molecule has 0 fully saturated rings. The summed E-state index contributed by atoms with van der Waals surface area (Å²) in [6.45, 7) is 0.973. The second-order valence-electron chi connectivity index (χ2n) is 6.54. The number of fused-ring (bicyclic) bond motifs is 1. The second kappa shape index (κ2) is 7.42. The highest BCUT2D eigenvalue weighted by Crippen LogP contribution is 2.31. The fraction of sp³-hybridized carbons (Fsp3) is 0.286. The number of hydrogen-bond donors (Lipinski definition) is 1. The Bertz CT molecular complexity index is 902. The lowest BCUT2D eigenvalue weighted by Crippen LogP contribution is -2.07. The maximum atomic E-state index is 6.38. The Morgan fingerprint density at radius 3 is 2.69 bits per heavy atom. The van der Waals surface area contributed by atoms with Gasteiger partial charge < -0.3 is 10.1 Å². The molecule has 3 aromatic rings. The van der Waals surface area contributed by atoms with Crippen LogP contribution in [0.25, 0.3) is 5.69 Å². The first-order valence-corrected chi connectivity index (χ1v) is 9.36. The van der Waals surface area contributed by atoms with Gasteiger partial charge in [0.05, 0.1) is 18.5 Å². The average molecular weight is 368 g/mol. The van der Waals surface area contributed by atoms with Gasteiger partial charge in [0.25, 0.3) is 0 Å². The van der Waals surface area contributed by atoms with Gasteiger partial charge in [-0.05, 0) is 55.2 Å². The van der Waals surface area contributed by atoms with Gasteiger partial charge in [0.15, 0.2) is 0 Å². The van der Waals surface area contributed by atoms with Crippen molar-refractivity contribution < 1.29 is 4.74 Å². The van der Waals surface area contributed by atoms with E-state index < -0.39 is 0 Å². The van der Waals surface area contributed by atoms with Crippen LogP contribution in [0.5, 0.6) is 5.75 Å². The molecule has 0 atom stereocenters. The quantitative estimate of drug-likeness (QED) is 0.714. The molecule has 26 heavy (non-hydrogen) atoms. The van der Waals surface area contributed by atoms with Crippen LogP contribution in [0.4, 0.5) is 5.82 Å². The summed E-state index contributed by atoms with van der Waals surface area (Å²) < 4.78 is 7.30.